The number of para-hydroxylation sites is 2. The molecule has 0 fully saturated rings. The maximum atomic E-state index is 12.7. The van der Waals surface area contributed by atoms with Crippen molar-refractivity contribution in [1.82, 2.24) is 29.1 Å². The summed E-state index contributed by atoms with van der Waals surface area (Å²) in [5.41, 5.74) is 30.5. The smallest absolute Gasteiger partial charge is 0.152 e. The van der Waals surface area contributed by atoms with Gasteiger partial charge >= 0.3 is 0 Å². The number of benzene rings is 16. The Kier molecular flexibility index (Phi) is 25.3. The van der Waals surface area contributed by atoms with Crippen LogP contribution >= 0.6 is 0 Å². The fourth-order valence-electron chi connectivity index (χ4n) is 20.2. The molecule has 10 nitrogen and oxygen atoms in total. The van der Waals surface area contributed by atoms with Crippen molar-refractivity contribution in [3.8, 4) is 124 Å². The number of phenolic OH excluding ortho intramolecular Hbond substituents is 2. The molecule has 0 radical (unpaired) electrons. The van der Waals surface area contributed by atoms with E-state index in [9.17, 15) is 10.2 Å². The van der Waals surface area contributed by atoms with Crippen molar-refractivity contribution >= 4 is 87.5 Å². The number of rotatable bonds is 13. The van der Waals surface area contributed by atoms with Gasteiger partial charge in [0.1, 0.15) is 34.3 Å². The van der Waals surface area contributed by atoms with Crippen LogP contribution in [-0.2, 0) is 80.0 Å². The Bertz CT molecular complexity index is 8700. The van der Waals surface area contributed by atoms with Crippen molar-refractivity contribution in [2.24, 2.45) is 0 Å². The molecule has 0 unspecified atom stereocenters. The summed E-state index contributed by atoms with van der Waals surface area (Å²) >= 11 is 0. The third-order valence-electron chi connectivity index (χ3n) is 28.5. The number of phenols is 2. The van der Waals surface area contributed by atoms with E-state index in [1.165, 1.54) is 16.7 Å². The summed E-state index contributed by atoms with van der Waals surface area (Å²) < 4.78 is 17.6. The van der Waals surface area contributed by atoms with Crippen LogP contribution in [0.3, 0.4) is 0 Å². The molecular formula is C131H118N6O4Pt2-2. The van der Waals surface area contributed by atoms with Gasteiger partial charge in [-0.15, -0.1) is 53.1 Å². The minimum atomic E-state index is -0.397. The molecule has 0 aliphatic rings. The van der Waals surface area contributed by atoms with Crippen molar-refractivity contribution in [1.29, 1.82) is 0 Å². The van der Waals surface area contributed by atoms with Crippen molar-refractivity contribution < 1.29 is 61.2 Å². The second-order valence-corrected chi connectivity index (χ2v) is 44.8. The molecule has 6 aromatic heterocycles. The zero-order valence-corrected chi connectivity index (χ0v) is 89.4. The van der Waals surface area contributed by atoms with Crippen LogP contribution in [0.5, 0.6) is 11.5 Å². The molecule has 2 N–H and O–H groups in total. The molecule has 0 saturated heterocycles. The molecule has 6 heterocycles. The van der Waals surface area contributed by atoms with Gasteiger partial charge in [-0.3, -0.25) is 19.1 Å². The molecule has 0 aliphatic carbocycles. The van der Waals surface area contributed by atoms with E-state index in [2.05, 4.69) is 481 Å². The number of aromatic hydroxyl groups is 2. The van der Waals surface area contributed by atoms with E-state index >= 15 is 0 Å². The van der Waals surface area contributed by atoms with Crippen molar-refractivity contribution in [3.05, 3.63) is 397 Å². The molecule has 0 aliphatic heterocycles. The average Bonchev–Trinajstić information content (AvgIpc) is 1.59. The maximum absolute atomic E-state index is 12.7. The van der Waals surface area contributed by atoms with Gasteiger partial charge in [0, 0.05) is 114 Å². The van der Waals surface area contributed by atoms with E-state index in [0.717, 1.165) is 205 Å². The minimum Gasteiger partial charge on any atom is -0.507 e. The Hall–Kier alpha value is -14.1. The van der Waals surface area contributed by atoms with Gasteiger partial charge in [-0.1, -0.05) is 409 Å². The van der Waals surface area contributed by atoms with E-state index in [4.69, 9.17) is 28.8 Å². The topological polar surface area (TPSA) is 128 Å². The molecule has 718 valence electrons. The van der Waals surface area contributed by atoms with E-state index in [0.29, 0.717) is 22.8 Å². The van der Waals surface area contributed by atoms with Crippen LogP contribution in [0, 0.1) is 12.1 Å². The number of fused-ring (bicyclic) bond motifs is 12. The van der Waals surface area contributed by atoms with Gasteiger partial charge in [0.2, 0.25) is 0 Å². The fraction of sp³-hybridized carbons (Fsp3) is 0.206. The van der Waals surface area contributed by atoms with Crippen LogP contribution in [0.2, 0.25) is 0 Å². The predicted octanol–water partition coefficient (Wildman–Crippen LogP) is 35.1. The monoisotopic (exact) mass is 2230 g/mol. The van der Waals surface area contributed by atoms with Gasteiger partial charge in [0.05, 0.1) is 57.0 Å². The molecule has 143 heavy (non-hydrogen) atoms. The van der Waals surface area contributed by atoms with Gasteiger partial charge in [-0.2, -0.15) is 0 Å². The third-order valence-corrected chi connectivity index (χ3v) is 28.5. The minimum absolute atomic E-state index is 0. The number of pyridine rings is 2. The molecule has 0 bridgehead atoms. The first-order valence-electron chi connectivity index (χ1n) is 49.1. The number of hydrogen-bond acceptors (Lipinski definition) is 8. The van der Waals surface area contributed by atoms with E-state index in [1.54, 1.807) is 0 Å². The van der Waals surface area contributed by atoms with Gasteiger partial charge in [-0.05, 0) is 148 Å². The summed E-state index contributed by atoms with van der Waals surface area (Å²) in [6, 6.07) is 124. The molecule has 22 rings (SSSR count). The Morgan fingerprint density at radius 1 is 0.266 bits per heavy atom. The first-order chi connectivity index (χ1) is 67.3. The SMILES string of the molecule is CC(C)(C)c1ccc(-n2c(-c3cc(C(C)(C)C)cc(C(C)(C)C)c3O)nc3c(-c4[c-]c(-c5cc6c(cn5)oc5c7ccccc7ccc65)cc(-c5ccccc5)c4)cccc32)c(-c2ccccc2)c1.CC(C)(C)c1ccc(-n2c(-c3cc(C(C)(C)C)cc(C(C)(C)C)c3O)nc3c(-c4[c-]c(-c5cc6c(cn5)oc5c7ccccc7ccc65)cc(C(C)(C)c5ccccc5)c4)cccc32)c(-c2ccccc2)c1.[Pt].[Pt]. The fourth-order valence-corrected chi connectivity index (χ4v) is 20.2. The molecule has 0 amide bonds. The Labute approximate surface area is 867 Å². The summed E-state index contributed by atoms with van der Waals surface area (Å²) in [7, 11) is 0. The van der Waals surface area contributed by atoms with E-state index < -0.39 is 5.41 Å². The zero-order valence-electron chi connectivity index (χ0n) is 84.9. The summed E-state index contributed by atoms with van der Waals surface area (Å²) in [5, 5.41) is 33.8. The summed E-state index contributed by atoms with van der Waals surface area (Å²) in [5.74, 6) is 1.81. The Morgan fingerprint density at radius 3 is 1.04 bits per heavy atom. The first-order valence-corrected chi connectivity index (χ1v) is 49.1. The number of imidazole rings is 2. The van der Waals surface area contributed by atoms with Crippen LogP contribution in [0.25, 0.3) is 200 Å². The third kappa shape index (κ3) is 18.2. The number of aromatic nitrogens is 6. The van der Waals surface area contributed by atoms with Gasteiger partial charge in [-0.25, -0.2) is 9.97 Å². The van der Waals surface area contributed by atoms with E-state index in [-0.39, 0.29) is 86.1 Å². The van der Waals surface area contributed by atoms with Crippen LogP contribution < -0.4 is 0 Å². The maximum Gasteiger partial charge on any atom is 0.152 e. The van der Waals surface area contributed by atoms with Gasteiger partial charge < -0.3 is 19.0 Å². The second-order valence-electron chi connectivity index (χ2n) is 44.8. The van der Waals surface area contributed by atoms with Crippen LogP contribution in [0.1, 0.15) is 183 Å². The van der Waals surface area contributed by atoms with E-state index in [1.807, 2.05) is 18.5 Å². The number of hydrogen-bond donors (Lipinski definition) is 2. The van der Waals surface area contributed by atoms with Crippen LogP contribution in [0.4, 0.5) is 0 Å². The Morgan fingerprint density at radius 2 is 0.629 bits per heavy atom. The average molecular weight is 2230 g/mol. The molecular weight excluding hydrogens is 2110 g/mol. The number of furan rings is 2. The molecule has 0 spiro atoms. The summed E-state index contributed by atoms with van der Waals surface area (Å²) in [4.78, 5) is 21.6. The predicted molar refractivity (Wildman–Crippen MR) is 588 cm³/mol. The molecule has 0 atom stereocenters. The summed E-state index contributed by atoms with van der Waals surface area (Å²) in [6.45, 7) is 44.5. The van der Waals surface area contributed by atoms with Crippen molar-refractivity contribution in [2.45, 2.75) is 176 Å². The molecule has 22 aromatic rings. The standard InChI is InChI=1S/C67H62N3O2.C64H56N3O2.2Pt/c1-64(2,3)46-30-32-57(52(36-46)41-21-14-12-15-22-41)70-58-28-20-27-49(60(58)69-63(70)54-37-47(65(4,5)6)38-55(61(54)71)66(7,8)9)43-33-44(35-48(34-43)67(10,11)45-24-16-13-17-25-45)56-39-53-51-31-29-42-23-18-19-26-50(42)62(51)72-59(53)40-68-56;1-62(2,3)45-28-30-55(50(34-45)40-21-14-11-15-22-40)67-56-26-18-25-47(58(56)66-61(67)52-35-46(63(4,5)6)36-53(59(52)68)64(7,8)9)43-31-42(39-19-12-10-13-20-39)32-44(33-43)54-37-51-49-29-27-41-23-16-17-24-48(41)60(49)69-57(51)38-65-54;;/h12-32,34-40,71H,1-11H3;10-32,34-38,68H,1-9H3;;/q2*-1;;. The number of nitrogens with zero attached hydrogens (tertiary/aromatic N) is 6. The van der Waals surface area contributed by atoms with Crippen LogP contribution in [0.15, 0.2) is 349 Å². The summed E-state index contributed by atoms with van der Waals surface area (Å²) in [6.07, 6.45) is 3.70. The largest absolute Gasteiger partial charge is 0.507 e. The molecule has 0 saturated carbocycles. The van der Waals surface area contributed by atoms with Crippen molar-refractivity contribution in [2.75, 3.05) is 0 Å². The first kappa shape index (κ1) is 97.7. The quantitative estimate of drug-likeness (QED) is 0.109. The van der Waals surface area contributed by atoms with Crippen molar-refractivity contribution in [3.63, 3.8) is 0 Å². The zero-order chi connectivity index (χ0) is 98.5. The Balaban J connectivity index is 0.000000179. The molecule has 16 aromatic carbocycles. The second kappa shape index (κ2) is 37.0. The van der Waals surface area contributed by atoms with Gasteiger partial charge in [0.25, 0.3) is 0 Å². The normalized spacial score (nSPS) is 12.4. The van der Waals surface area contributed by atoms with Crippen LogP contribution in [-0.4, -0.2) is 39.3 Å². The molecule has 12 heteroatoms. The van der Waals surface area contributed by atoms with Gasteiger partial charge in [0.15, 0.2) is 11.2 Å².